The number of ether oxygens (including phenoxy) is 1. The maximum atomic E-state index is 14.5. The van der Waals surface area contributed by atoms with E-state index in [0.717, 1.165) is 17.4 Å². The molecule has 2 heterocycles. The first-order chi connectivity index (χ1) is 15.4. The molecule has 0 fully saturated rings. The van der Waals surface area contributed by atoms with Crippen LogP contribution in [0.15, 0.2) is 54.7 Å². The third kappa shape index (κ3) is 4.78. The predicted octanol–water partition coefficient (Wildman–Crippen LogP) is 4.77. The summed E-state index contributed by atoms with van der Waals surface area (Å²) in [5.41, 5.74) is 0.607. The van der Waals surface area contributed by atoms with E-state index >= 15 is 0 Å². The number of fused-ring (bicyclic) bond motifs is 1. The minimum Gasteiger partial charge on any atom is -0.457 e. The van der Waals surface area contributed by atoms with Gasteiger partial charge in [-0.2, -0.15) is 0 Å². The van der Waals surface area contributed by atoms with Crippen molar-refractivity contribution < 1.29 is 23.1 Å². The maximum absolute atomic E-state index is 14.5. The van der Waals surface area contributed by atoms with Crippen LogP contribution >= 0.6 is 11.3 Å². The van der Waals surface area contributed by atoms with Crippen LogP contribution in [0.4, 0.5) is 24.4 Å². The van der Waals surface area contributed by atoms with E-state index in [0.29, 0.717) is 16.0 Å². The number of thiazole rings is 1. The lowest BCUT2D eigenvalue weighted by Crippen LogP contribution is -2.20. The fraction of sp³-hybridized carbons (Fsp3) is 0.0476. The molecule has 0 aliphatic heterocycles. The molecule has 2 aromatic carbocycles. The molecule has 0 radical (unpaired) electrons. The summed E-state index contributed by atoms with van der Waals surface area (Å²) in [6, 6.07) is 10.2. The average molecular weight is 455 g/mol. The van der Waals surface area contributed by atoms with Gasteiger partial charge in [-0.15, -0.1) is 0 Å². The van der Waals surface area contributed by atoms with Crippen molar-refractivity contribution in [2.24, 2.45) is 0 Å². The number of urea groups is 1. The third-order valence-corrected chi connectivity index (χ3v) is 5.12. The van der Waals surface area contributed by atoms with E-state index in [1.807, 2.05) is 0 Å². The smallest absolute Gasteiger partial charge is 0.325 e. The highest BCUT2D eigenvalue weighted by Crippen LogP contribution is 2.28. The molecule has 162 valence electrons. The van der Waals surface area contributed by atoms with Crippen molar-refractivity contribution in [2.45, 2.75) is 0 Å². The SMILES string of the molecule is CNC(=O)c1cc(Oc2ccc(NC(=O)Nc3nc4ccc(F)cc4s3)c(F)c2)ccn1. The number of anilines is 2. The van der Waals surface area contributed by atoms with Gasteiger partial charge in [0.15, 0.2) is 5.13 Å². The van der Waals surface area contributed by atoms with Crippen molar-refractivity contribution in [3.63, 3.8) is 0 Å². The maximum Gasteiger partial charge on any atom is 0.325 e. The summed E-state index contributed by atoms with van der Waals surface area (Å²) in [6.45, 7) is 0. The fourth-order valence-electron chi connectivity index (χ4n) is 2.73. The van der Waals surface area contributed by atoms with Crippen LogP contribution in [0, 0.1) is 11.6 Å². The van der Waals surface area contributed by atoms with Crippen LogP contribution in [0.2, 0.25) is 0 Å². The molecule has 0 unspecified atom stereocenters. The number of aromatic nitrogens is 2. The fourth-order valence-corrected chi connectivity index (χ4v) is 3.61. The lowest BCUT2D eigenvalue weighted by Gasteiger charge is -2.10. The monoisotopic (exact) mass is 455 g/mol. The number of rotatable bonds is 5. The van der Waals surface area contributed by atoms with Gasteiger partial charge in [-0.05, 0) is 36.4 Å². The number of hydrogen-bond donors (Lipinski definition) is 3. The van der Waals surface area contributed by atoms with E-state index in [1.165, 1.54) is 55.7 Å². The number of carbonyl (C=O) groups excluding carboxylic acids is 2. The Labute approximate surface area is 184 Å². The Balaban J connectivity index is 1.42. The van der Waals surface area contributed by atoms with Crippen LogP contribution in [0.5, 0.6) is 11.5 Å². The van der Waals surface area contributed by atoms with Crippen molar-refractivity contribution in [2.75, 3.05) is 17.7 Å². The zero-order chi connectivity index (χ0) is 22.7. The van der Waals surface area contributed by atoms with E-state index in [4.69, 9.17) is 4.74 Å². The molecular formula is C21H15F2N5O3S. The molecule has 8 nitrogen and oxygen atoms in total. The van der Waals surface area contributed by atoms with E-state index in [2.05, 4.69) is 25.9 Å². The lowest BCUT2D eigenvalue weighted by molar-refractivity contribution is 0.0958. The highest BCUT2D eigenvalue weighted by atomic mass is 32.1. The Morgan fingerprint density at radius 1 is 1.00 bits per heavy atom. The summed E-state index contributed by atoms with van der Waals surface area (Å²) in [5.74, 6) is -1.06. The minimum absolute atomic E-state index is 0.0808. The molecule has 0 aliphatic carbocycles. The Bertz CT molecular complexity index is 1330. The van der Waals surface area contributed by atoms with Crippen molar-refractivity contribution in [3.05, 3.63) is 72.1 Å². The van der Waals surface area contributed by atoms with Crippen molar-refractivity contribution >= 4 is 44.3 Å². The highest BCUT2D eigenvalue weighted by molar-refractivity contribution is 7.22. The molecule has 4 aromatic rings. The van der Waals surface area contributed by atoms with Crippen molar-refractivity contribution in [1.29, 1.82) is 0 Å². The van der Waals surface area contributed by atoms with Crippen LogP contribution in [0.3, 0.4) is 0 Å². The summed E-state index contributed by atoms with van der Waals surface area (Å²) in [5, 5.41) is 7.58. The number of pyridine rings is 1. The average Bonchev–Trinajstić information content (AvgIpc) is 3.16. The van der Waals surface area contributed by atoms with Gasteiger partial charge in [0.25, 0.3) is 5.91 Å². The largest absolute Gasteiger partial charge is 0.457 e. The number of halogens is 2. The van der Waals surface area contributed by atoms with Crippen LogP contribution < -0.4 is 20.7 Å². The second-order valence-corrected chi connectivity index (χ2v) is 7.44. The molecule has 4 rings (SSSR count). The van der Waals surface area contributed by atoms with Crippen molar-refractivity contribution in [3.8, 4) is 11.5 Å². The quantitative estimate of drug-likeness (QED) is 0.402. The van der Waals surface area contributed by atoms with E-state index < -0.39 is 17.7 Å². The van der Waals surface area contributed by atoms with Gasteiger partial charge >= 0.3 is 6.03 Å². The summed E-state index contributed by atoms with van der Waals surface area (Å²) >= 11 is 1.09. The van der Waals surface area contributed by atoms with Gasteiger partial charge in [-0.3, -0.25) is 15.1 Å². The third-order valence-electron chi connectivity index (χ3n) is 4.19. The predicted molar refractivity (Wildman–Crippen MR) is 116 cm³/mol. The molecule has 0 spiro atoms. The number of amides is 3. The Kier molecular flexibility index (Phi) is 5.90. The number of carbonyl (C=O) groups is 2. The molecule has 3 N–H and O–H groups in total. The molecule has 3 amide bonds. The molecule has 0 bridgehead atoms. The second-order valence-electron chi connectivity index (χ2n) is 6.41. The van der Waals surface area contributed by atoms with Gasteiger partial charge in [0.1, 0.15) is 28.8 Å². The zero-order valence-electron chi connectivity index (χ0n) is 16.5. The molecule has 0 saturated heterocycles. The molecule has 0 aliphatic rings. The molecule has 32 heavy (non-hydrogen) atoms. The standard InChI is InChI=1S/C21H15F2N5O3S/c1-24-19(29)17-10-13(6-7-25-17)31-12-3-5-15(14(23)9-12)26-20(30)28-21-27-16-4-2-11(22)8-18(16)32-21/h2-10H,1H3,(H,24,29)(H2,26,27,28,30). The van der Waals surface area contributed by atoms with Gasteiger partial charge in [-0.25, -0.2) is 18.6 Å². The molecule has 11 heteroatoms. The van der Waals surface area contributed by atoms with E-state index in [9.17, 15) is 18.4 Å². The first kappa shape index (κ1) is 21.1. The molecule has 0 saturated carbocycles. The molecule has 2 aromatic heterocycles. The van der Waals surface area contributed by atoms with Crippen LogP contribution in [0.25, 0.3) is 10.2 Å². The molecule has 0 atom stereocenters. The van der Waals surface area contributed by atoms with Crippen LogP contribution in [-0.4, -0.2) is 29.0 Å². The van der Waals surface area contributed by atoms with Crippen LogP contribution in [0.1, 0.15) is 10.5 Å². The Hall–Kier alpha value is -4.12. The second kappa shape index (κ2) is 8.94. The highest BCUT2D eigenvalue weighted by Gasteiger charge is 2.12. The number of benzene rings is 2. The summed E-state index contributed by atoms with van der Waals surface area (Å²) in [7, 11) is 1.48. The van der Waals surface area contributed by atoms with Crippen LogP contribution in [-0.2, 0) is 0 Å². The Morgan fingerprint density at radius 3 is 2.59 bits per heavy atom. The summed E-state index contributed by atoms with van der Waals surface area (Å²) < 4.78 is 33.9. The first-order valence-corrected chi connectivity index (χ1v) is 10.0. The van der Waals surface area contributed by atoms with Gasteiger partial charge in [0.05, 0.1) is 15.9 Å². The number of nitrogens with one attached hydrogen (secondary N) is 3. The lowest BCUT2D eigenvalue weighted by atomic mass is 10.2. The first-order valence-electron chi connectivity index (χ1n) is 9.21. The van der Waals surface area contributed by atoms with Gasteiger partial charge in [0, 0.05) is 25.4 Å². The van der Waals surface area contributed by atoms with Gasteiger partial charge < -0.3 is 15.4 Å². The number of hydrogen-bond acceptors (Lipinski definition) is 6. The van der Waals surface area contributed by atoms with Gasteiger partial charge in [0.2, 0.25) is 0 Å². The summed E-state index contributed by atoms with van der Waals surface area (Å²) in [6.07, 6.45) is 1.40. The number of nitrogens with zero attached hydrogens (tertiary/aromatic N) is 2. The summed E-state index contributed by atoms with van der Waals surface area (Å²) in [4.78, 5) is 32.0. The topological polar surface area (TPSA) is 105 Å². The van der Waals surface area contributed by atoms with Gasteiger partial charge in [-0.1, -0.05) is 11.3 Å². The van der Waals surface area contributed by atoms with E-state index in [-0.39, 0.29) is 28.2 Å². The molecular weight excluding hydrogens is 440 g/mol. The van der Waals surface area contributed by atoms with Crippen molar-refractivity contribution in [1.82, 2.24) is 15.3 Å². The van der Waals surface area contributed by atoms with E-state index in [1.54, 1.807) is 0 Å². The normalized spacial score (nSPS) is 10.6. The Morgan fingerprint density at radius 2 is 1.81 bits per heavy atom. The minimum atomic E-state index is -0.732. The zero-order valence-corrected chi connectivity index (χ0v) is 17.3.